The quantitative estimate of drug-likeness (QED) is 0.868. The van der Waals surface area contributed by atoms with Gasteiger partial charge in [0.15, 0.2) is 0 Å². The molecular weight excluding hydrogens is 254 g/mol. The molecule has 20 heavy (non-hydrogen) atoms. The van der Waals surface area contributed by atoms with Crippen LogP contribution in [-0.4, -0.2) is 29.3 Å². The molecule has 0 aromatic carbocycles. The Morgan fingerprint density at radius 1 is 1.40 bits per heavy atom. The molecule has 0 radical (unpaired) electrons. The molecule has 0 aliphatic carbocycles. The number of ether oxygens (including phenoxy) is 1. The number of carbonyl (C=O) groups is 1. The van der Waals surface area contributed by atoms with Crippen LogP contribution in [0.15, 0.2) is 18.3 Å². The van der Waals surface area contributed by atoms with Crippen molar-refractivity contribution in [1.29, 1.82) is 0 Å². The summed E-state index contributed by atoms with van der Waals surface area (Å²) in [5, 5.41) is 6.04. The zero-order chi connectivity index (χ0) is 15.2. The Labute approximate surface area is 121 Å². The topological polar surface area (TPSA) is 63.2 Å². The van der Waals surface area contributed by atoms with Gasteiger partial charge >= 0.3 is 6.09 Å². The molecule has 5 heteroatoms. The maximum atomic E-state index is 11.6. The van der Waals surface area contributed by atoms with E-state index in [0.29, 0.717) is 13.1 Å². The third-order valence-corrected chi connectivity index (χ3v) is 2.49. The fraction of sp³-hybridized carbons (Fsp3) is 0.600. The lowest BCUT2D eigenvalue weighted by Gasteiger charge is -2.22. The summed E-state index contributed by atoms with van der Waals surface area (Å²) in [4.78, 5) is 15.9. The number of aryl methyl sites for hydroxylation is 1. The minimum atomic E-state index is -0.469. The van der Waals surface area contributed by atoms with Gasteiger partial charge in [-0.15, -0.1) is 0 Å². The zero-order valence-corrected chi connectivity index (χ0v) is 13.0. The lowest BCUT2D eigenvalue weighted by atomic mass is 10.2. The van der Waals surface area contributed by atoms with E-state index < -0.39 is 5.60 Å². The average Bonchev–Trinajstić information content (AvgIpc) is 2.29. The number of amides is 1. The van der Waals surface area contributed by atoms with Gasteiger partial charge in [-0.25, -0.2) is 4.79 Å². The van der Waals surface area contributed by atoms with Crippen LogP contribution in [0.3, 0.4) is 0 Å². The van der Waals surface area contributed by atoms with Crippen molar-refractivity contribution in [3.63, 3.8) is 0 Å². The second-order valence-corrected chi connectivity index (χ2v) is 6.01. The molecule has 1 atom stereocenters. The molecule has 0 fully saturated rings. The summed E-state index contributed by atoms with van der Waals surface area (Å²) in [6, 6.07) is 4.02. The highest BCUT2D eigenvalue weighted by Crippen LogP contribution is 2.06. The molecule has 1 aromatic rings. The van der Waals surface area contributed by atoms with Crippen LogP contribution in [-0.2, 0) is 11.3 Å². The Morgan fingerprint density at radius 3 is 2.65 bits per heavy atom. The minimum absolute atomic E-state index is 0.00435. The van der Waals surface area contributed by atoms with Crippen LogP contribution in [0.25, 0.3) is 0 Å². The first-order valence-corrected chi connectivity index (χ1v) is 6.88. The Bertz CT molecular complexity index is 424. The molecule has 2 N–H and O–H groups in total. The van der Waals surface area contributed by atoms with E-state index in [2.05, 4.69) is 15.6 Å². The first-order chi connectivity index (χ1) is 9.26. The third-order valence-electron chi connectivity index (χ3n) is 2.49. The van der Waals surface area contributed by atoms with E-state index in [-0.39, 0.29) is 12.1 Å². The van der Waals surface area contributed by atoms with Gasteiger partial charge in [-0.2, -0.15) is 0 Å². The molecule has 0 bridgehead atoms. The molecule has 5 nitrogen and oxygen atoms in total. The Morgan fingerprint density at radius 2 is 2.10 bits per heavy atom. The van der Waals surface area contributed by atoms with E-state index >= 15 is 0 Å². The van der Waals surface area contributed by atoms with E-state index in [1.807, 2.05) is 52.9 Å². The van der Waals surface area contributed by atoms with Crippen LogP contribution in [0, 0.1) is 6.92 Å². The summed E-state index contributed by atoms with van der Waals surface area (Å²) < 4.78 is 5.20. The number of pyridine rings is 1. The predicted octanol–water partition coefficient (Wildman–Crippen LogP) is 2.39. The normalized spacial score (nSPS) is 12.8. The maximum Gasteiger partial charge on any atom is 0.407 e. The second-order valence-electron chi connectivity index (χ2n) is 6.01. The summed E-state index contributed by atoms with van der Waals surface area (Å²) in [5.41, 5.74) is 1.66. The molecule has 1 rings (SSSR count). The van der Waals surface area contributed by atoms with Gasteiger partial charge in [0.25, 0.3) is 0 Å². The highest BCUT2D eigenvalue weighted by atomic mass is 16.6. The molecule has 0 saturated heterocycles. The zero-order valence-electron chi connectivity index (χ0n) is 13.0. The Balaban J connectivity index is 2.24. The molecule has 0 aliphatic heterocycles. The minimum Gasteiger partial charge on any atom is -0.444 e. The van der Waals surface area contributed by atoms with Crippen molar-refractivity contribution < 1.29 is 9.53 Å². The lowest BCUT2D eigenvalue weighted by Crippen LogP contribution is -2.42. The van der Waals surface area contributed by atoms with Gasteiger partial charge in [0.05, 0.1) is 5.69 Å². The predicted molar refractivity (Wildman–Crippen MR) is 79.5 cm³/mol. The number of nitrogens with one attached hydrogen (secondary N) is 2. The van der Waals surface area contributed by atoms with Crippen molar-refractivity contribution in [3.05, 3.63) is 29.6 Å². The fourth-order valence-electron chi connectivity index (χ4n) is 1.58. The van der Waals surface area contributed by atoms with Crippen molar-refractivity contribution in [2.45, 2.75) is 52.8 Å². The second kappa shape index (κ2) is 7.24. The molecule has 1 amide bonds. The van der Waals surface area contributed by atoms with E-state index in [0.717, 1.165) is 11.3 Å². The van der Waals surface area contributed by atoms with Crippen LogP contribution in [0.2, 0.25) is 0 Å². The van der Waals surface area contributed by atoms with E-state index in [9.17, 15) is 4.79 Å². The highest BCUT2D eigenvalue weighted by molar-refractivity contribution is 5.68. The average molecular weight is 279 g/mol. The van der Waals surface area contributed by atoms with Crippen molar-refractivity contribution in [2.75, 3.05) is 6.54 Å². The van der Waals surface area contributed by atoms with E-state index in [1.54, 1.807) is 0 Å². The summed E-state index contributed by atoms with van der Waals surface area (Å²) in [6.07, 6.45) is 1.46. The van der Waals surface area contributed by atoms with E-state index in [1.165, 1.54) is 0 Å². The van der Waals surface area contributed by atoms with Crippen molar-refractivity contribution in [1.82, 2.24) is 15.6 Å². The van der Waals surface area contributed by atoms with Crippen LogP contribution in [0.4, 0.5) is 4.79 Å². The van der Waals surface area contributed by atoms with Crippen molar-refractivity contribution in [3.8, 4) is 0 Å². The monoisotopic (exact) mass is 279 g/mol. The third kappa shape index (κ3) is 7.09. The standard InChI is InChI=1S/C15H25N3O2/c1-11-6-7-13(17-8-11)10-16-9-12(2)18-14(19)20-15(3,4)5/h6-8,12,16H,9-10H2,1-5H3,(H,18,19). The maximum absolute atomic E-state index is 11.6. The fourth-order valence-corrected chi connectivity index (χ4v) is 1.58. The first kappa shape index (κ1) is 16.4. The number of alkyl carbamates (subject to hydrolysis) is 1. The van der Waals surface area contributed by atoms with Crippen LogP contribution < -0.4 is 10.6 Å². The molecule has 1 aromatic heterocycles. The van der Waals surface area contributed by atoms with Gasteiger partial charge in [0, 0.05) is 25.3 Å². The lowest BCUT2D eigenvalue weighted by molar-refractivity contribution is 0.0508. The van der Waals surface area contributed by atoms with Crippen LogP contribution in [0.5, 0.6) is 0 Å². The van der Waals surface area contributed by atoms with Gasteiger partial charge in [-0.1, -0.05) is 6.07 Å². The molecule has 0 saturated carbocycles. The summed E-state index contributed by atoms with van der Waals surface area (Å²) in [7, 11) is 0. The molecule has 1 heterocycles. The molecule has 1 unspecified atom stereocenters. The smallest absolute Gasteiger partial charge is 0.407 e. The van der Waals surface area contributed by atoms with Crippen molar-refractivity contribution in [2.24, 2.45) is 0 Å². The van der Waals surface area contributed by atoms with E-state index in [4.69, 9.17) is 4.74 Å². The van der Waals surface area contributed by atoms with Gasteiger partial charge in [0.1, 0.15) is 5.60 Å². The summed E-state index contributed by atoms with van der Waals surface area (Å²) in [5.74, 6) is 0. The first-order valence-electron chi connectivity index (χ1n) is 6.88. The highest BCUT2D eigenvalue weighted by Gasteiger charge is 2.17. The number of carbonyl (C=O) groups excluding carboxylic acids is 1. The number of rotatable bonds is 5. The molecular formula is C15H25N3O2. The van der Waals surface area contributed by atoms with Gasteiger partial charge in [0.2, 0.25) is 0 Å². The Hall–Kier alpha value is -1.62. The SMILES string of the molecule is Cc1ccc(CNCC(C)NC(=O)OC(C)(C)C)nc1. The molecule has 112 valence electrons. The van der Waals surface area contributed by atoms with Crippen LogP contribution in [0.1, 0.15) is 39.0 Å². The van der Waals surface area contributed by atoms with Crippen molar-refractivity contribution >= 4 is 6.09 Å². The van der Waals surface area contributed by atoms with Crippen LogP contribution >= 0.6 is 0 Å². The summed E-state index contributed by atoms with van der Waals surface area (Å²) >= 11 is 0. The number of nitrogens with zero attached hydrogens (tertiary/aromatic N) is 1. The van der Waals surface area contributed by atoms with Gasteiger partial charge in [-0.05, 0) is 46.2 Å². The van der Waals surface area contributed by atoms with Gasteiger partial charge < -0.3 is 15.4 Å². The summed E-state index contributed by atoms with van der Waals surface area (Å²) in [6.45, 7) is 10.8. The molecule has 0 aliphatic rings. The largest absolute Gasteiger partial charge is 0.444 e. The Kier molecular flexibility index (Phi) is 5.95. The van der Waals surface area contributed by atoms with Gasteiger partial charge in [-0.3, -0.25) is 4.98 Å². The molecule has 0 spiro atoms. The number of hydrogen-bond donors (Lipinski definition) is 2. The number of aromatic nitrogens is 1. The number of hydrogen-bond acceptors (Lipinski definition) is 4.